The lowest BCUT2D eigenvalue weighted by atomic mass is 10.1. The van der Waals surface area contributed by atoms with Crippen LogP contribution in [-0.4, -0.2) is 18.5 Å². The fraction of sp³-hybridized carbons (Fsp3) is 0.481. The molecule has 0 aliphatic heterocycles. The van der Waals surface area contributed by atoms with Crippen molar-refractivity contribution >= 4 is 11.9 Å². The largest absolute Gasteiger partial charge is 0.462 e. The molecule has 0 amide bonds. The van der Waals surface area contributed by atoms with Gasteiger partial charge in [0.1, 0.15) is 5.75 Å². The first kappa shape index (κ1) is 24.6. The maximum Gasteiger partial charge on any atom is 0.344 e. The van der Waals surface area contributed by atoms with Crippen molar-refractivity contribution in [1.29, 1.82) is 0 Å². The molecule has 2 aromatic carbocycles. The molecule has 2 rings (SSSR count). The zero-order valence-electron chi connectivity index (χ0n) is 19.0. The first-order valence-corrected chi connectivity index (χ1v) is 11.7. The first-order valence-electron chi connectivity index (χ1n) is 11.7. The van der Waals surface area contributed by atoms with Gasteiger partial charge < -0.3 is 9.47 Å². The summed E-state index contributed by atoms with van der Waals surface area (Å²) in [7, 11) is 0. The van der Waals surface area contributed by atoms with Gasteiger partial charge in [0.25, 0.3) is 0 Å². The molecule has 0 saturated carbocycles. The van der Waals surface area contributed by atoms with Gasteiger partial charge in [0, 0.05) is 0 Å². The number of ether oxygens (including phenoxy) is 2. The lowest BCUT2D eigenvalue weighted by molar-refractivity contribution is 0.0489. The number of carbonyl (C=O) groups excluding carboxylic acids is 2. The third-order valence-electron chi connectivity index (χ3n) is 5.33. The monoisotopic (exact) mass is 424 g/mol. The van der Waals surface area contributed by atoms with Crippen LogP contribution >= 0.6 is 0 Å². The van der Waals surface area contributed by atoms with Gasteiger partial charge in [0.05, 0.1) is 17.7 Å². The van der Waals surface area contributed by atoms with Crippen LogP contribution < -0.4 is 4.74 Å². The standard InChI is InChI=1S/C27H36O4/c1-3-4-5-6-7-8-9-10-11-14-21-30-26(28)24-15-12-13-16-25(24)27(29)31-23-19-17-22(2)18-20-23/h12-13,15-20H,3-11,14,21H2,1-2H3. The molecule has 0 fully saturated rings. The minimum Gasteiger partial charge on any atom is -0.462 e. The predicted octanol–water partition coefficient (Wildman–Crippen LogP) is 7.29. The molecule has 4 nitrogen and oxygen atoms in total. The highest BCUT2D eigenvalue weighted by atomic mass is 16.5. The number of hydrogen-bond acceptors (Lipinski definition) is 4. The molecule has 0 aromatic heterocycles. The topological polar surface area (TPSA) is 52.6 Å². The molecule has 0 unspecified atom stereocenters. The number of carbonyl (C=O) groups is 2. The normalized spacial score (nSPS) is 10.6. The summed E-state index contributed by atoms with van der Waals surface area (Å²) in [5, 5.41) is 0. The Morgan fingerprint density at radius 1 is 0.677 bits per heavy atom. The number of benzene rings is 2. The Bertz CT molecular complexity index is 795. The average Bonchev–Trinajstić information content (AvgIpc) is 2.78. The fourth-order valence-electron chi connectivity index (χ4n) is 3.44. The third kappa shape index (κ3) is 9.37. The Morgan fingerprint density at radius 3 is 1.77 bits per heavy atom. The second kappa shape index (κ2) is 14.4. The van der Waals surface area contributed by atoms with Crippen LogP contribution in [-0.2, 0) is 4.74 Å². The smallest absolute Gasteiger partial charge is 0.344 e. The van der Waals surface area contributed by atoms with Gasteiger partial charge in [0.15, 0.2) is 0 Å². The van der Waals surface area contributed by atoms with Gasteiger partial charge in [-0.25, -0.2) is 9.59 Å². The van der Waals surface area contributed by atoms with E-state index in [1.54, 1.807) is 36.4 Å². The number of hydrogen-bond donors (Lipinski definition) is 0. The van der Waals surface area contributed by atoms with E-state index in [2.05, 4.69) is 6.92 Å². The first-order chi connectivity index (χ1) is 15.1. The number of rotatable bonds is 14. The summed E-state index contributed by atoms with van der Waals surface area (Å²) >= 11 is 0. The van der Waals surface area contributed by atoms with Crippen LogP contribution in [0.3, 0.4) is 0 Å². The lowest BCUT2D eigenvalue weighted by Gasteiger charge is -2.10. The Kier molecular flexibility index (Phi) is 11.4. The van der Waals surface area contributed by atoms with E-state index in [-0.39, 0.29) is 11.1 Å². The van der Waals surface area contributed by atoms with E-state index >= 15 is 0 Å². The Hall–Kier alpha value is -2.62. The van der Waals surface area contributed by atoms with E-state index in [1.165, 1.54) is 51.4 Å². The summed E-state index contributed by atoms with van der Waals surface area (Å²) in [4.78, 5) is 25.1. The van der Waals surface area contributed by atoms with Crippen LogP contribution in [0, 0.1) is 6.92 Å². The van der Waals surface area contributed by atoms with Crippen LogP contribution in [0.15, 0.2) is 48.5 Å². The summed E-state index contributed by atoms with van der Waals surface area (Å²) < 4.78 is 10.8. The maximum absolute atomic E-state index is 12.6. The highest BCUT2D eigenvalue weighted by Crippen LogP contribution is 2.17. The highest BCUT2D eigenvalue weighted by molar-refractivity contribution is 6.03. The lowest BCUT2D eigenvalue weighted by Crippen LogP contribution is -2.16. The van der Waals surface area contributed by atoms with Crippen molar-refractivity contribution in [2.45, 2.75) is 78.1 Å². The van der Waals surface area contributed by atoms with Gasteiger partial charge in [-0.2, -0.15) is 0 Å². The van der Waals surface area contributed by atoms with Gasteiger partial charge in [-0.05, 0) is 37.6 Å². The Morgan fingerprint density at radius 2 is 1.19 bits per heavy atom. The number of esters is 2. The Labute approximate surface area is 187 Å². The molecule has 0 aliphatic carbocycles. The summed E-state index contributed by atoms with van der Waals surface area (Å²) in [6.45, 7) is 4.57. The maximum atomic E-state index is 12.6. The Balaban J connectivity index is 1.71. The van der Waals surface area contributed by atoms with Gasteiger partial charge in [-0.1, -0.05) is 94.5 Å². The van der Waals surface area contributed by atoms with Crippen LogP contribution in [0.1, 0.15) is 97.4 Å². The van der Waals surface area contributed by atoms with Crippen molar-refractivity contribution in [3.05, 3.63) is 65.2 Å². The predicted molar refractivity (Wildman–Crippen MR) is 125 cm³/mol. The summed E-state index contributed by atoms with van der Waals surface area (Å²) in [5.74, 6) is -0.591. The van der Waals surface area contributed by atoms with Gasteiger partial charge in [-0.3, -0.25) is 0 Å². The molecule has 0 spiro atoms. The second-order valence-electron chi connectivity index (χ2n) is 8.07. The highest BCUT2D eigenvalue weighted by Gasteiger charge is 2.19. The van der Waals surface area contributed by atoms with Crippen molar-refractivity contribution < 1.29 is 19.1 Å². The quantitative estimate of drug-likeness (QED) is 0.181. The van der Waals surface area contributed by atoms with Crippen LogP contribution in [0.4, 0.5) is 0 Å². The summed E-state index contributed by atoms with van der Waals surface area (Å²) in [6.07, 6.45) is 12.3. The molecule has 2 aromatic rings. The van der Waals surface area contributed by atoms with Crippen molar-refractivity contribution in [2.75, 3.05) is 6.61 Å². The molecular formula is C27H36O4. The van der Waals surface area contributed by atoms with Crippen molar-refractivity contribution in [3.63, 3.8) is 0 Å². The number of unbranched alkanes of at least 4 members (excludes halogenated alkanes) is 9. The van der Waals surface area contributed by atoms with E-state index in [9.17, 15) is 9.59 Å². The SMILES string of the molecule is CCCCCCCCCCCCOC(=O)c1ccccc1C(=O)Oc1ccc(C)cc1. The van der Waals surface area contributed by atoms with Crippen LogP contribution in [0.2, 0.25) is 0 Å². The van der Waals surface area contributed by atoms with E-state index in [4.69, 9.17) is 9.47 Å². The molecule has 0 heterocycles. The fourth-order valence-corrected chi connectivity index (χ4v) is 3.44. The van der Waals surface area contributed by atoms with Crippen LogP contribution in [0.25, 0.3) is 0 Å². The molecule has 0 radical (unpaired) electrons. The second-order valence-corrected chi connectivity index (χ2v) is 8.07. The zero-order chi connectivity index (χ0) is 22.3. The molecule has 4 heteroatoms. The molecule has 0 N–H and O–H groups in total. The molecule has 168 valence electrons. The molecule has 0 bridgehead atoms. The van der Waals surface area contributed by atoms with Gasteiger partial charge in [-0.15, -0.1) is 0 Å². The molecular weight excluding hydrogens is 388 g/mol. The van der Waals surface area contributed by atoms with Gasteiger partial charge in [0.2, 0.25) is 0 Å². The molecule has 31 heavy (non-hydrogen) atoms. The summed E-state index contributed by atoms with van der Waals surface area (Å²) in [6, 6.07) is 13.8. The van der Waals surface area contributed by atoms with Crippen molar-refractivity contribution in [3.8, 4) is 5.75 Å². The van der Waals surface area contributed by atoms with E-state index in [0.29, 0.717) is 12.4 Å². The molecule has 0 aliphatic rings. The third-order valence-corrected chi connectivity index (χ3v) is 5.33. The van der Waals surface area contributed by atoms with Crippen molar-refractivity contribution in [2.24, 2.45) is 0 Å². The summed E-state index contributed by atoms with van der Waals surface area (Å²) in [5.41, 5.74) is 1.54. The van der Waals surface area contributed by atoms with E-state index in [1.807, 2.05) is 19.1 Å². The average molecular weight is 425 g/mol. The minimum absolute atomic E-state index is 0.219. The number of aryl methyl sites for hydroxylation is 1. The van der Waals surface area contributed by atoms with E-state index < -0.39 is 11.9 Å². The molecule has 0 saturated heterocycles. The molecule has 0 atom stereocenters. The van der Waals surface area contributed by atoms with Gasteiger partial charge >= 0.3 is 11.9 Å². The van der Waals surface area contributed by atoms with E-state index in [0.717, 1.165) is 18.4 Å². The zero-order valence-corrected chi connectivity index (χ0v) is 19.0. The minimum atomic E-state index is -0.560. The van der Waals surface area contributed by atoms with Crippen LogP contribution in [0.5, 0.6) is 5.75 Å². The van der Waals surface area contributed by atoms with Crippen molar-refractivity contribution in [1.82, 2.24) is 0 Å².